The van der Waals surface area contributed by atoms with Gasteiger partial charge in [-0.2, -0.15) is 5.26 Å². The second-order valence-electron chi connectivity index (χ2n) is 8.28. The highest BCUT2D eigenvalue weighted by Gasteiger charge is 2.22. The third-order valence-corrected chi connectivity index (χ3v) is 5.41. The summed E-state index contributed by atoms with van der Waals surface area (Å²) in [5.74, 6) is 0.890. The van der Waals surface area contributed by atoms with Crippen molar-refractivity contribution in [1.82, 2.24) is 10.6 Å². The number of nitrogens with one attached hydrogen (secondary N) is 2. The van der Waals surface area contributed by atoms with Gasteiger partial charge in [-0.25, -0.2) is 0 Å². The van der Waals surface area contributed by atoms with Crippen LogP contribution in [0.5, 0.6) is 5.75 Å². The van der Waals surface area contributed by atoms with Gasteiger partial charge in [-0.1, -0.05) is 50.2 Å². The normalized spacial score (nSPS) is 15.4. The fourth-order valence-electron chi connectivity index (χ4n) is 3.91. The zero-order chi connectivity index (χ0) is 21.3. The van der Waals surface area contributed by atoms with E-state index in [1.54, 1.807) is 0 Å². The van der Waals surface area contributed by atoms with Crippen molar-refractivity contribution in [3.05, 3.63) is 54.1 Å². The van der Waals surface area contributed by atoms with E-state index >= 15 is 0 Å². The molecule has 5 nitrogen and oxygen atoms in total. The van der Waals surface area contributed by atoms with Crippen molar-refractivity contribution in [2.75, 3.05) is 19.6 Å². The molecule has 0 spiro atoms. The van der Waals surface area contributed by atoms with Gasteiger partial charge in [0.05, 0.1) is 12.0 Å². The molecule has 158 valence electrons. The van der Waals surface area contributed by atoms with E-state index in [1.165, 1.54) is 0 Å². The summed E-state index contributed by atoms with van der Waals surface area (Å²) in [6.45, 7) is 6.24. The summed E-state index contributed by atoms with van der Waals surface area (Å²) < 4.78 is 6.20. The average molecular weight is 406 g/mol. The number of nitrogens with zero attached hydrogens (tertiary/aromatic N) is 1. The van der Waals surface area contributed by atoms with E-state index < -0.39 is 0 Å². The molecule has 0 aliphatic carbocycles. The van der Waals surface area contributed by atoms with Crippen LogP contribution in [0.4, 0.5) is 0 Å². The Kier molecular flexibility index (Phi) is 7.87. The van der Waals surface area contributed by atoms with Crippen molar-refractivity contribution >= 4 is 5.91 Å². The number of rotatable bonds is 8. The molecule has 0 saturated carbocycles. The van der Waals surface area contributed by atoms with Crippen molar-refractivity contribution in [3.63, 3.8) is 0 Å². The Morgan fingerprint density at radius 2 is 1.87 bits per heavy atom. The van der Waals surface area contributed by atoms with Gasteiger partial charge in [0.2, 0.25) is 5.91 Å². The topological polar surface area (TPSA) is 74.2 Å². The SMILES string of the molecule is CC(C)CC(C(=O)NCC#N)c1cccc(-c2cccc(OC3CCNCC3)c2)c1. The van der Waals surface area contributed by atoms with Crippen molar-refractivity contribution < 1.29 is 9.53 Å². The first-order chi connectivity index (χ1) is 14.6. The lowest BCUT2D eigenvalue weighted by atomic mass is 9.88. The van der Waals surface area contributed by atoms with E-state index in [9.17, 15) is 4.79 Å². The van der Waals surface area contributed by atoms with E-state index in [0.29, 0.717) is 5.92 Å². The van der Waals surface area contributed by atoms with Crippen molar-refractivity contribution in [2.24, 2.45) is 5.92 Å². The molecule has 2 aromatic rings. The highest BCUT2D eigenvalue weighted by molar-refractivity contribution is 5.84. The molecule has 1 aliphatic rings. The first kappa shape index (κ1) is 21.9. The third-order valence-electron chi connectivity index (χ3n) is 5.41. The highest BCUT2D eigenvalue weighted by atomic mass is 16.5. The molecule has 2 N–H and O–H groups in total. The van der Waals surface area contributed by atoms with E-state index in [-0.39, 0.29) is 24.5 Å². The molecule has 0 bridgehead atoms. The summed E-state index contributed by atoms with van der Waals surface area (Å²) in [6.07, 6.45) is 3.04. The zero-order valence-electron chi connectivity index (χ0n) is 17.9. The summed E-state index contributed by atoms with van der Waals surface area (Å²) in [5.41, 5.74) is 3.11. The van der Waals surface area contributed by atoms with Crippen molar-refractivity contribution in [1.29, 1.82) is 5.26 Å². The predicted octanol–water partition coefficient (Wildman–Crippen LogP) is 4.25. The number of carbonyl (C=O) groups excluding carboxylic acids is 1. The molecule has 0 aromatic heterocycles. The first-order valence-corrected chi connectivity index (χ1v) is 10.8. The minimum absolute atomic E-state index is 0.0309. The van der Waals surface area contributed by atoms with Gasteiger partial charge in [0.25, 0.3) is 0 Å². The fraction of sp³-hybridized carbons (Fsp3) is 0.440. The number of hydrogen-bond acceptors (Lipinski definition) is 4. The number of amides is 1. The van der Waals surface area contributed by atoms with Gasteiger partial charge >= 0.3 is 0 Å². The largest absolute Gasteiger partial charge is 0.490 e. The maximum atomic E-state index is 12.7. The van der Waals surface area contributed by atoms with Gasteiger partial charge in [-0.05, 0) is 67.1 Å². The van der Waals surface area contributed by atoms with Crippen LogP contribution in [0.25, 0.3) is 11.1 Å². The summed E-state index contributed by atoms with van der Waals surface area (Å²) in [7, 11) is 0. The van der Waals surface area contributed by atoms with Crippen LogP contribution in [0.15, 0.2) is 48.5 Å². The number of benzene rings is 2. The molecule has 1 heterocycles. The zero-order valence-corrected chi connectivity index (χ0v) is 17.9. The molecule has 1 unspecified atom stereocenters. The lowest BCUT2D eigenvalue weighted by Gasteiger charge is -2.24. The van der Waals surface area contributed by atoms with Gasteiger partial charge in [-0.15, -0.1) is 0 Å². The number of piperidine rings is 1. The molecule has 3 rings (SSSR count). The van der Waals surface area contributed by atoms with Gasteiger partial charge < -0.3 is 15.4 Å². The predicted molar refractivity (Wildman–Crippen MR) is 119 cm³/mol. The lowest BCUT2D eigenvalue weighted by molar-refractivity contribution is -0.122. The molecule has 2 aromatic carbocycles. The Hall–Kier alpha value is -2.84. The average Bonchev–Trinajstić information content (AvgIpc) is 2.76. The van der Waals surface area contributed by atoms with Gasteiger partial charge in [0.1, 0.15) is 18.4 Å². The van der Waals surface area contributed by atoms with Crippen LogP contribution in [-0.4, -0.2) is 31.6 Å². The van der Waals surface area contributed by atoms with Crippen molar-refractivity contribution in [2.45, 2.75) is 45.1 Å². The summed E-state index contributed by atoms with van der Waals surface area (Å²) in [6, 6.07) is 18.3. The van der Waals surface area contributed by atoms with Crippen LogP contribution >= 0.6 is 0 Å². The Balaban J connectivity index is 1.81. The number of ether oxygens (including phenoxy) is 1. The third kappa shape index (κ3) is 6.08. The van der Waals surface area contributed by atoms with E-state index in [4.69, 9.17) is 10.00 Å². The van der Waals surface area contributed by atoms with Crippen molar-refractivity contribution in [3.8, 4) is 22.9 Å². The van der Waals surface area contributed by atoms with Crippen LogP contribution < -0.4 is 15.4 Å². The molecule has 1 aliphatic heterocycles. The number of carbonyl (C=O) groups is 1. The number of hydrogen-bond donors (Lipinski definition) is 2. The molecule has 1 atom stereocenters. The summed E-state index contributed by atoms with van der Waals surface area (Å²) in [4.78, 5) is 12.7. The molecule has 0 radical (unpaired) electrons. The Labute approximate surface area is 179 Å². The lowest BCUT2D eigenvalue weighted by Crippen LogP contribution is -2.34. The monoisotopic (exact) mass is 405 g/mol. The second kappa shape index (κ2) is 10.8. The summed E-state index contributed by atoms with van der Waals surface area (Å²) in [5, 5.41) is 14.9. The van der Waals surface area contributed by atoms with Gasteiger partial charge in [0.15, 0.2) is 0 Å². The Morgan fingerprint density at radius 1 is 1.17 bits per heavy atom. The van der Waals surface area contributed by atoms with Gasteiger partial charge in [-0.3, -0.25) is 4.79 Å². The molecule has 30 heavy (non-hydrogen) atoms. The van der Waals surface area contributed by atoms with E-state index in [2.05, 4.69) is 48.7 Å². The molecule has 1 fully saturated rings. The summed E-state index contributed by atoms with van der Waals surface area (Å²) >= 11 is 0. The fourth-order valence-corrected chi connectivity index (χ4v) is 3.91. The first-order valence-electron chi connectivity index (χ1n) is 10.8. The van der Waals surface area contributed by atoms with Crippen LogP contribution in [-0.2, 0) is 4.79 Å². The van der Waals surface area contributed by atoms with Crippen LogP contribution in [0, 0.1) is 17.2 Å². The maximum Gasteiger partial charge on any atom is 0.228 e. The Bertz CT molecular complexity index is 882. The molecular weight excluding hydrogens is 374 g/mol. The van der Waals surface area contributed by atoms with E-state index in [1.807, 2.05) is 30.3 Å². The standard InChI is InChI=1S/C25H31N3O2/c1-18(2)15-24(25(29)28-14-11-26)21-7-3-5-19(16-21)20-6-4-8-23(17-20)30-22-9-12-27-13-10-22/h3-8,16-18,22,24,27H,9-10,12-15H2,1-2H3,(H,28,29). The quantitative estimate of drug-likeness (QED) is 0.644. The van der Waals surface area contributed by atoms with Crippen LogP contribution in [0.3, 0.4) is 0 Å². The minimum atomic E-state index is -0.271. The minimum Gasteiger partial charge on any atom is -0.490 e. The smallest absolute Gasteiger partial charge is 0.228 e. The molecule has 1 saturated heterocycles. The highest BCUT2D eigenvalue weighted by Crippen LogP contribution is 2.30. The Morgan fingerprint density at radius 3 is 2.57 bits per heavy atom. The molecule has 1 amide bonds. The number of nitriles is 1. The second-order valence-corrected chi connectivity index (χ2v) is 8.28. The van der Waals surface area contributed by atoms with Gasteiger partial charge in [0, 0.05) is 0 Å². The van der Waals surface area contributed by atoms with E-state index in [0.717, 1.165) is 54.8 Å². The van der Waals surface area contributed by atoms with Crippen LogP contribution in [0.2, 0.25) is 0 Å². The molecule has 5 heteroatoms. The molecular formula is C25H31N3O2. The maximum absolute atomic E-state index is 12.7. The van der Waals surface area contributed by atoms with Crippen LogP contribution in [0.1, 0.15) is 44.6 Å².